The van der Waals surface area contributed by atoms with Crippen molar-refractivity contribution in [3.8, 4) is 10.6 Å². The molecule has 0 unspecified atom stereocenters. The van der Waals surface area contributed by atoms with Crippen molar-refractivity contribution in [1.29, 1.82) is 0 Å². The van der Waals surface area contributed by atoms with Crippen LogP contribution in [0.3, 0.4) is 0 Å². The molecule has 0 saturated carbocycles. The van der Waals surface area contributed by atoms with Gasteiger partial charge in [0.05, 0.1) is 24.9 Å². The average molecular weight is 328 g/mol. The topological polar surface area (TPSA) is 82.5 Å². The number of halogens is 2. The van der Waals surface area contributed by atoms with Crippen LogP contribution in [0.15, 0.2) is 24.4 Å². The van der Waals surface area contributed by atoms with Gasteiger partial charge in [0.15, 0.2) is 11.6 Å². The summed E-state index contributed by atoms with van der Waals surface area (Å²) in [4.78, 5) is 16.3. The number of thiazole rings is 1. The van der Waals surface area contributed by atoms with E-state index in [1.54, 1.807) is 0 Å². The summed E-state index contributed by atoms with van der Waals surface area (Å²) in [7, 11) is 0. The summed E-state index contributed by atoms with van der Waals surface area (Å²) < 4.78 is 26.1. The molecule has 0 aliphatic heterocycles. The van der Waals surface area contributed by atoms with Gasteiger partial charge in [-0.05, 0) is 25.1 Å². The van der Waals surface area contributed by atoms with Crippen molar-refractivity contribution in [3.05, 3.63) is 40.9 Å². The highest BCUT2D eigenvalue weighted by Crippen LogP contribution is 2.26. The molecular weight excluding hydrogens is 314 g/mol. The predicted molar refractivity (Wildman–Crippen MR) is 77.5 cm³/mol. The van der Waals surface area contributed by atoms with E-state index in [0.29, 0.717) is 10.6 Å². The number of nitrogens with zero attached hydrogens (tertiary/aromatic N) is 1. The summed E-state index contributed by atoms with van der Waals surface area (Å²) in [6, 6.07) is 3.35. The van der Waals surface area contributed by atoms with Gasteiger partial charge in [0.1, 0.15) is 9.88 Å². The molecule has 22 heavy (non-hydrogen) atoms. The second-order valence-electron chi connectivity index (χ2n) is 4.99. The third-order valence-corrected chi connectivity index (χ3v) is 4.05. The number of nitrogens with one attached hydrogen (secondary N) is 1. The van der Waals surface area contributed by atoms with Gasteiger partial charge in [0.2, 0.25) is 0 Å². The molecule has 2 rings (SSSR count). The van der Waals surface area contributed by atoms with Gasteiger partial charge in [-0.3, -0.25) is 4.79 Å². The number of aliphatic hydroxyl groups excluding tert-OH is 2. The SMILES string of the molecule is CC(CO)(CO)NC(=O)c1cnc(-c2ccc(F)c(F)c2)s1. The molecule has 0 fully saturated rings. The molecule has 0 aliphatic rings. The third-order valence-electron chi connectivity index (χ3n) is 3.01. The summed E-state index contributed by atoms with van der Waals surface area (Å²) in [6.07, 6.45) is 1.30. The molecule has 0 atom stereocenters. The largest absolute Gasteiger partial charge is 0.394 e. The van der Waals surface area contributed by atoms with Crippen LogP contribution in [-0.4, -0.2) is 39.9 Å². The fraction of sp³-hybridized carbons (Fsp3) is 0.286. The highest BCUT2D eigenvalue weighted by molar-refractivity contribution is 7.16. The van der Waals surface area contributed by atoms with Crippen molar-refractivity contribution in [2.75, 3.05) is 13.2 Å². The van der Waals surface area contributed by atoms with Crippen LogP contribution in [0.2, 0.25) is 0 Å². The molecule has 8 heteroatoms. The molecule has 118 valence electrons. The smallest absolute Gasteiger partial charge is 0.263 e. The van der Waals surface area contributed by atoms with Crippen LogP contribution in [-0.2, 0) is 0 Å². The molecular formula is C14H14F2N2O3S. The Hall–Kier alpha value is -1.90. The zero-order valence-electron chi connectivity index (χ0n) is 11.6. The van der Waals surface area contributed by atoms with Gasteiger partial charge in [-0.2, -0.15) is 0 Å². The lowest BCUT2D eigenvalue weighted by Crippen LogP contribution is -2.51. The van der Waals surface area contributed by atoms with Gasteiger partial charge in [-0.1, -0.05) is 0 Å². The summed E-state index contributed by atoms with van der Waals surface area (Å²) in [5, 5.41) is 21.2. The molecule has 5 nitrogen and oxygen atoms in total. The molecule has 0 spiro atoms. The lowest BCUT2D eigenvalue weighted by Gasteiger charge is -2.25. The first-order chi connectivity index (χ1) is 10.4. The molecule has 1 aromatic carbocycles. The number of aliphatic hydroxyl groups is 2. The van der Waals surface area contributed by atoms with Crippen molar-refractivity contribution < 1.29 is 23.8 Å². The minimum atomic E-state index is -1.15. The van der Waals surface area contributed by atoms with E-state index >= 15 is 0 Å². The number of benzene rings is 1. The first-order valence-corrected chi connectivity index (χ1v) is 7.15. The average Bonchev–Trinajstić information content (AvgIpc) is 3.00. The Balaban J connectivity index is 2.20. The van der Waals surface area contributed by atoms with E-state index in [2.05, 4.69) is 10.3 Å². The normalized spacial score (nSPS) is 11.5. The first-order valence-electron chi connectivity index (χ1n) is 6.34. The van der Waals surface area contributed by atoms with E-state index in [1.165, 1.54) is 19.2 Å². The molecule has 0 radical (unpaired) electrons. The van der Waals surface area contributed by atoms with E-state index in [0.717, 1.165) is 23.5 Å². The van der Waals surface area contributed by atoms with Crippen molar-refractivity contribution in [2.24, 2.45) is 0 Å². The molecule has 3 N–H and O–H groups in total. The molecule has 1 heterocycles. The van der Waals surface area contributed by atoms with E-state index in [1.807, 2.05) is 0 Å². The molecule has 0 saturated heterocycles. The van der Waals surface area contributed by atoms with Gasteiger partial charge < -0.3 is 15.5 Å². The molecule has 1 aromatic heterocycles. The summed E-state index contributed by atoms with van der Waals surface area (Å²) in [5.41, 5.74) is -0.793. The van der Waals surface area contributed by atoms with Gasteiger partial charge >= 0.3 is 0 Å². The standard InChI is InChI=1S/C14H14F2N2O3S/c1-14(6-19,7-20)18-12(21)11-5-17-13(22-11)8-2-3-9(15)10(16)4-8/h2-5,19-20H,6-7H2,1H3,(H,18,21). The molecule has 0 bridgehead atoms. The van der Waals surface area contributed by atoms with Crippen LogP contribution >= 0.6 is 11.3 Å². The Morgan fingerprint density at radius 2 is 2.00 bits per heavy atom. The van der Waals surface area contributed by atoms with E-state index in [4.69, 9.17) is 10.2 Å². The van der Waals surface area contributed by atoms with Crippen LogP contribution in [0.25, 0.3) is 10.6 Å². The number of aromatic nitrogens is 1. The molecule has 1 amide bonds. The zero-order chi connectivity index (χ0) is 16.3. The number of amides is 1. The van der Waals surface area contributed by atoms with Gasteiger partial charge in [0.25, 0.3) is 5.91 Å². The number of hydrogen-bond donors (Lipinski definition) is 3. The van der Waals surface area contributed by atoms with Gasteiger partial charge in [-0.25, -0.2) is 13.8 Å². The monoisotopic (exact) mass is 328 g/mol. The maximum atomic E-state index is 13.2. The van der Waals surface area contributed by atoms with Crippen LogP contribution < -0.4 is 5.32 Å². The lowest BCUT2D eigenvalue weighted by molar-refractivity contribution is 0.0727. The van der Waals surface area contributed by atoms with Crippen molar-refractivity contribution in [3.63, 3.8) is 0 Å². The molecule has 0 aliphatic carbocycles. The van der Waals surface area contributed by atoms with Crippen molar-refractivity contribution in [2.45, 2.75) is 12.5 Å². The number of hydrogen-bond acceptors (Lipinski definition) is 5. The van der Waals surface area contributed by atoms with Crippen molar-refractivity contribution >= 4 is 17.2 Å². The quantitative estimate of drug-likeness (QED) is 0.778. The van der Waals surface area contributed by atoms with E-state index < -0.39 is 36.3 Å². The maximum absolute atomic E-state index is 13.2. The zero-order valence-corrected chi connectivity index (χ0v) is 12.5. The highest BCUT2D eigenvalue weighted by atomic mass is 32.1. The van der Waals surface area contributed by atoms with E-state index in [-0.39, 0.29) is 4.88 Å². The number of carbonyl (C=O) groups is 1. The van der Waals surface area contributed by atoms with E-state index in [9.17, 15) is 13.6 Å². The Morgan fingerprint density at radius 1 is 1.32 bits per heavy atom. The minimum absolute atomic E-state index is 0.229. The van der Waals surface area contributed by atoms with Gasteiger partial charge in [0, 0.05) is 5.56 Å². The van der Waals surface area contributed by atoms with Gasteiger partial charge in [-0.15, -0.1) is 11.3 Å². The summed E-state index contributed by atoms with van der Waals surface area (Å²) in [5.74, 6) is -2.47. The minimum Gasteiger partial charge on any atom is -0.394 e. The predicted octanol–water partition coefficient (Wildman–Crippen LogP) is 1.56. The van der Waals surface area contributed by atoms with Crippen LogP contribution in [0.4, 0.5) is 8.78 Å². The number of carbonyl (C=O) groups excluding carboxylic acids is 1. The summed E-state index contributed by atoms with van der Waals surface area (Å²) in [6.45, 7) is 0.635. The highest BCUT2D eigenvalue weighted by Gasteiger charge is 2.26. The summed E-state index contributed by atoms with van der Waals surface area (Å²) >= 11 is 0.995. The third kappa shape index (κ3) is 3.46. The fourth-order valence-corrected chi connectivity index (χ4v) is 2.41. The Morgan fingerprint density at radius 3 is 2.59 bits per heavy atom. The Bertz CT molecular complexity index is 686. The van der Waals surface area contributed by atoms with Crippen LogP contribution in [0.1, 0.15) is 16.6 Å². The van der Waals surface area contributed by atoms with Crippen LogP contribution in [0.5, 0.6) is 0 Å². The fourth-order valence-electron chi connectivity index (χ4n) is 1.61. The first kappa shape index (κ1) is 16.5. The Kier molecular flexibility index (Phi) is 4.84. The number of rotatable bonds is 5. The van der Waals surface area contributed by atoms with Crippen molar-refractivity contribution in [1.82, 2.24) is 10.3 Å². The maximum Gasteiger partial charge on any atom is 0.263 e. The Labute approximate surface area is 129 Å². The lowest BCUT2D eigenvalue weighted by atomic mass is 10.1. The second kappa shape index (κ2) is 6.47. The second-order valence-corrected chi connectivity index (χ2v) is 6.02. The van der Waals surface area contributed by atoms with Crippen LogP contribution in [0, 0.1) is 11.6 Å². The molecule has 2 aromatic rings.